The number of nitrogens with zero attached hydrogens (tertiary/aromatic N) is 2. The SMILES string of the molecule is CC1(C(=O)O)CCCCN1Cc1ccccn1. The Labute approximate surface area is 101 Å². The first-order chi connectivity index (χ1) is 8.13. The van der Waals surface area contributed by atoms with E-state index in [9.17, 15) is 9.90 Å². The van der Waals surface area contributed by atoms with E-state index in [0.29, 0.717) is 6.54 Å². The maximum Gasteiger partial charge on any atom is 0.323 e. The number of carboxylic acids is 1. The predicted molar refractivity (Wildman–Crippen MR) is 64.5 cm³/mol. The van der Waals surface area contributed by atoms with Gasteiger partial charge in [-0.1, -0.05) is 6.07 Å². The molecule has 1 aliphatic heterocycles. The number of hydrogen-bond donors (Lipinski definition) is 1. The fourth-order valence-electron chi connectivity index (χ4n) is 2.36. The monoisotopic (exact) mass is 234 g/mol. The number of piperidine rings is 1. The molecule has 2 rings (SSSR count). The summed E-state index contributed by atoms with van der Waals surface area (Å²) >= 11 is 0. The Kier molecular flexibility index (Phi) is 3.43. The maximum absolute atomic E-state index is 11.4. The highest BCUT2D eigenvalue weighted by molar-refractivity contribution is 5.78. The standard InChI is InChI=1S/C13H18N2O2/c1-13(12(16)17)7-3-5-9-15(13)10-11-6-2-4-8-14-11/h2,4,6,8H,3,5,7,9-10H2,1H3,(H,16,17). The van der Waals surface area contributed by atoms with E-state index in [2.05, 4.69) is 4.98 Å². The molecular weight excluding hydrogens is 216 g/mol. The lowest BCUT2D eigenvalue weighted by atomic mass is 9.88. The molecule has 0 radical (unpaired) electrons. The molecular formula is C13H18N2O2. The van der Waals surface area contributed by atoms with Crippen molar-refractivity contribution >= 4 is 5.97 Å². The first-order valence-electron chi connectivity index (χ1n) is 6.01. The van der Waals surface area contributed by atoms with Gasteiger partial charge in [-0.05, 0) is 44.9 Å². The third kappa shape index (κ3) is 2.47. The van der Waals surface area contributed by atoms with E-state index in [1.54, 1.807) is 6.20 Å². The van der Waals surface area contributed by atoms with Gasteiger partial charge in [-0.25, -0.2) is 0 Å². The summed E-state index contributed by atoms with van der Waals surface area (Å²) in [6, 6.07) is 5.75. The lowest BCUT2D eigenvalue weighted by Gasteiger charge is -2.41. The molecule has 1 aliphatic rings. The van der Waals surface area contributed by atoms with Gasteiger partial charge in [-0.2, -0.15) is 0 Å². The molecule has 2 heterocycles. The van der Waals surface area contributed by atoms with Crippen LogP contribution < -0.4 is 0 Å². The van der Waals surface area contributed by atoms with Crippen LogP contribution in [0.1, 0.15) is 31.9 Å². The van der Waals surface area contributed by atoms with E-state index in [4.69, 9.17) is 0 Å². The normalized spacial score (nSPS) is 25.7. The Morgan fingerprint density at radius 1 is 1.53 bits per heavy atom. The minimum Gasteiger partial charge on any atom is -0.480 e. The van der Waals surface area contributed by atoms with Gasteiger partial charge in [0, 0.05) is 12.7 Å². The second kappa shape index (κ2) is 4.84. The molecule has 1 fully saturated rings. The van der Waals surface area contributed by atoms with Crippen LogP contribution in [0.2, 0.25) is 0 Å². The Morgan fingerprint density at radius 2 is 2.35 bits per heavy atom. The van der Waals surface area contributed by atoms with Crippen LogP contribution in [0.25, 0.3) is 0 Å². The number of hydrogen-bond acceptors (Lipinski definition) is 3. The average molecular weight is 234 g/mol. The highest BCUT2D eigenvalue weighted by atomic mass is 16.4. The van der Waals surface area contributed by atoms with E-state index in [1.165, 1.54) is 0 Å². The number of aromatic nitrogens is 1. The number of carboxylic acid groups (broad SMARTS) is 1. The quantitative estimate of drug-likeness (QED) is 0.868. The van der Waals surface area contributed by atoms with Crippen LogP contribution in [-0.2, 0) is 11.3 Å². The fraction of sp³-hybridized carbons (Fsp3) is 0.538. The van der Waals surface area contributed by atoms with Gasteiger partial charge in [0.1, 0.15) is 5.54 Å². The van der Waals surface area contributed by atoms with Crippen LogP contribution in [0.3, 0.4) is 0 Å². The third-order valence-electron chi connectivity index (χ3n) is 3.58. The molecule has 0 aromatic carbocycles. The zero-order valence-corrected chi connectivity index (χ0v) is 10.1. The molecule has 4 nitrogen and oxygen atoms in total. The largest absolute Gasteiger partial charge is 0.480 e. The molecule has 0 bridgehead atoms. The van der Waals surface area contributed by atoms with Gasteiger partial charge >= 0.3 is 5.97 Å². The summed E-state index contributed by atoms with van der Waals surface area (Å²) in [7, 11) is 0. The number of rotatable bonds is 3. The molecule has 0 aliphatic carbocycles. The molecule has 1 saturated heterocycles. The topological polar surface area (TPSA) is 53.4 Å². The summed E-state index contributed by atoms with van der Waals surface area (Å²) in [6.45, 7) is 3.26. The summed E-state index contributed by atoms with van der Waals surface area (Å²) in [5.41, 5.74) is 0.192. The van der Waals surface area contributed by atoms with Gasteiger partial charge in [-0.15, -0.1) is 0 Å². The lowest BCUT2D eigenvalue weighted by molar-refractivity contribution is -0.153. The van der Waals surface area contributed by atoms with Gasteiger partial charge in [0.15, 0.2) is 0 Å². The van der Waals surface area contributed by atoms with Crippen LogP contribution in [-0.4, -0.2) is 33.0 Å². The highest BCUT2D eigenvalue weighted by Gasteiger charge is 2.41. The number of carbonyl (C=O) groups is 1. The molecule has 1 aromatic heterocycles. The molecule has 92 valence electrons. The van der Waals surface area contributed by atoms with Crippen LogP contribution in [0.15, 0.2) is 24.4 Å². The maximum atomic E-state index is 11.4. The van der Waals surface area contributed by atoms with E-state index in [-0.39, 0.29) is 0 Å². The Morgan fingerprint density at radius 3 is 3.00 bits per heavy atom. The van der Waals surface area contributed by atoms with Crippen LogP contribution in [0, 0.1) is 0 Å². The van der Waals surface area contributed by atoms with E-state index >= 15 is 0 Å². The van der Waals surface area contributed by atoms with E-state index in [0.717, 1.165) is 31.5 Å². The lowest BCUT2D eigenvalue weighted by Crippen LogP contribution is -2.54. The van der Waals surface area contributed by atoms with Crippen molar-refractivity contribution in [2.24, 2.45) is 0 Å². The molecule has 0 saturated carbocycles. The van der Waals surface area contributed by atoms with Gasteiger partial charge in [0.05, 0.1) is 5.69 Å². The Bertz CT molecular complexity index is 394. The van der Waals surface area contributed by atoms with Crippen molar-refractivity contribution in [3.63, 3.8) is 0 Å². The molecule has 17 heavy (non-hydrogen) atoms. The van der Waals surface area contributed by atoms with Crippen LogP contribution in [0.4, 0.5) is 0 Å². The second-order valence-electron chi connectivity index (χ2n) is 4.78. The van der Waals surface area contributed by atoms with E-state index < -0.39 is 11.5 Å². The Balaban J connectivity index is 2.15. The van der Waals surface area contributed by atoms with Gasteiger partial charge in [-0.3, -0.25) is 14.7 Å². The van der Waals surface area contributed by atoms with Crippen molar-refractivity contribution in [3.05, 3.63) is 30.1 Å². The third-order valence-corrected chi connectivity index (χ3v) is 3.58. The zero-order valence-electron chi connectivity index (χ0n) is 10.1. The second-order valence-corrected chi connectivity index (χ2v) is 4.78. The summed E-state index contributed by atoms with van der Waals surface area (Å²) in [6.07, 6.45) is 4.52. The first-order valence-corrected chi connectivity index (χ1v) is 6.01. The molecule has 1 unspecified atom stereocenters. The average Bonchev–Trinajstić information content (AvgIpc) is 2.33. The number of likely N-dealkylation sites (tertiary alicyclic amines) is 1. The molecule has 4 heteroatoms. The summed E-state index contributed by atoms with van der Waals surface area (Å²) < 4.78 is 0. The van der Waals surface area contributed by atoms with Crippen molar-refractivity contribution in [3.8, 4) is 0 Å². The molecule has 1 atom stereocenters. The van der Waals surface area contributed by atoms with Crippen molar-refractivity contribution in [1.82, 2.24) is 9.88 Å². The van der Waals surface area contributed by atoms with Crippen LogP contribution >= 0.6 is 0 Å². The molecule has 0 spiro atoms. The number of aliphatic carboxylic acids is 1. The predicted octanol–water partition coefficient (Wildman–Crippen LogP) is 1.91. The van der Waals surface area contributed by atoms with Crippen LogP contribution in [0.5, 0.6) is 0 Å². The van der Waals surface area contributed by atoms with E-state index in [1.807, 2.05) is 30.0 Å². The molecule has 1 N–H and O–H groups in total. The van der Waals surface area contributed by atoms with Crippen molar-refractivity contribution < 1.29 is 9.90 Å². The minimum atomic E-state index is -0.740. The van der Waals surface area contributed by atoms with Crippen molar-refractivity contribution in [1.29, 1.82) is 0 Å². The minimum absolute atomic E-state index is 0.615. The van der Waals surface area contributed by atoms with Crippen molar-refractivity contribution in [2.75, 3.05) is 6.54 Å². The highest BCUT2D eigenvalue weighted by Crippen LogP contribution is 2.29. The zero-order chi connectivity index (χ0) is 12.3. The summed E-state index contributed by atoms with van der Waals surface area (Å²) in [5.74, 6) is -0.729. The molecule has 0 amide bonds. The van der Waals surface area contributed by atoms with Crippen molar-refractivity contribution in [2.45, 2.75) is 38.3 Å². The smallest absolute Gasteiger partial charge is 0.323 e. The summed E-state index contributed by atoms with van der Waals surface area (Å²) in [5, 5.41) is 9.38. The van der Waals surface area contributed by atoms with Gasteiger partial charge < -0.3 is 5.11 Å². The Hall–Kier alpha value is -1.42. The fourth-order valence-corrected chi connectivity index (χ4v) is 2.36. The summed E-state index contributed by atoms with van der Waals surface area (Å²) in [4.78, 5) is 17.7. The molecule has 1 aromatic rings. The van der Waals surface area contributed by atoms with Gasteiger partial charge in [0.25, 0.3) is 0 Å². The number of pyridine rings is 1. The first kappa shape index (κ1) is 12.0. The van der Waals surface area contributed by atoms with Gasteiger partial charge in [0.2, 0.25) is 0 Å².